The summed E-state index contributed by atoms with van der Waals surface area (Å²) in [5.74, 6) is -2.35. The molecule has 0 fully saturated rings. The first-order chi connectivity index (χ1) is 13.4. The minimum absolute atomic E-state index is 0.120. The predicted molar refractivity (Wildman–Crippen MR) is 99.0 cm³/mol. The first kappa shape index (κ1) is 18.9. The van der Waals surface area contributed by atoms with Crippen LogP contribution >= 0.6 is 0 Å². The van der Waals surface area contributed by atoms with Crippen LogP contribution in [0.5, 0.6) is 0 Å². The van der Waals surface area contributed by atoms with Gasteiger partial charge < -0.3 is 11.1 Å². The molecule has 1 aromatic heterocycles. The van der Waals surface area contributed by atoms with E-state index < -0.39 is 34.3 Å². The molecule has 0 bridgehead atoms. The van der Waals surface area contributed by atoms with Crippen LogP contribution in [0.2, 0.25) is 0 Å². The number of hydrogen-bond donors (Lipinski definition) is 2. The summed E-state index contributed by atoms with van der Waals surface area (Å²) in [7, 11) is 0. The Balaban J connectivity index is 1.85. The van der Waals surface area contributed by atoms with Crippen molar-refractivity contribution in [3.8, 4) is 0 Å². The van der Waals surface area contributed by atoms with Gasteiger partial charge in [0.25, 0.3) is 5.91 Å². The number of nitrogens with two attached hydrogens (primary N) is 1. The Morgan fingerprint density at radius 1 is 1.21 bits per heavy atom. The van der Waals surface area contributed by atoms with Crippen LogP contribution in [0, 0.1) is 15.9 Å². The van der Waals surface area contributed by atoms with Crippen molar-refractivity contribution in [3.05, 3.63) is 81.8 Å². The van der Waals surface area contributed by atoms with Gasteiger partial charge in [0.2, 0.25) is 11.7 Å². The third-order valence-electron chi connectivity index (χ3n) is 4.19. The second-order valence-electron chi connectivity index (χ2n) is 6.05. The van der Waals surface area contributed by atoms with Gasteiger partial charge >= 0.3 is 5.69 Å². The van der Waals surface area contributed by atoms with Gasteiger partial charge in [0.1, 0.15) is 6.04 Å². The van der Waals surface area contributed by atoms with Gasteiger partial charge in [-0.2, -0.15) is 4.39 Å². The van der Waals surface area contributed by atoms with Crippen LogP contribution in [0.15, 0.2) is 54.7 Å². The lowest BCUT2D eigenvalue weighted by Crippen LogP contribution is -2.45. The van der Waals surface area contributed by atoms with Crippen molar-refractivity contribution in [1.82, 2.24) is 10.3 Å². The smallest absolute Gasteiger partial charge is 0.305 e. The van der Waals surface area contributed by atoms with Crippen molar-refractivity contribution in [2.75, 3.05) is 0 Å². The Labute approximate surface area is 158 Å². The monoisotopic (exact) mass is 382 g/mol. The SMILES string of the molecule is NC(=O)[C@H](Cc1ccc(F)c([N+](=O)[O-])c1)NC(=O)c1ccnc2ccccc12. The topological polar surface area (TPSA) is 128 Å². The summed E-state index contributed by atoms with van der Waals surface area (Å²) >= 11 is 0. The highest BCUT2D eigenvalue weighted by Gasteiger charge is 2.22. The minimum atomic E-state index is -1.13. The molecule has 0 aliphatic carbocycles. The summed E-state index contributed by atoms with van der Waals surface area (Å²) in [5, 5.41) is 14.0. The number of benzene rings is 2. The Morgan fingerprint density at radius 3 is 2.68 bits per heavy atom. The first-order valence-electron chi connectivity index (χ1n) is 8.23. The molecule has 1 heterocycles. The molecule has 3 rings (SSSR count). The van der Waals surface area contributed by atoms with E-state index in [1.54, 1.807) is 24.3 Å². The van der Waals surface area contributed by atoms with Crippen LogP contribution in [0.3, 0.4) is 0 Å². The average Bonchev–Trinajstić information content (AvgIpc) is 2.68. The molecule has 0 unspecified atom stereocenters. The van der Waals surface area contributed by atoms with Crippen LogP contribution in [0.4, 0.5) is 10.1 Å². The molecule has 3 aromatic rings. The molecule has 0 radical (unpaired) electrons. The van der Waals surface area contributed by atoms with Gasteiger partial charge in [-0.05, 0) is 23.8 Å². The number of primary amides is 1. The highest BCUT2D eigenvalue weighted by atomic mass is 19.1. The van der Waals surface area contributed by atoms with Gasteiger partial charge in [-0.3, -0.25) is 24.7 Å². The Morgan fingerprint density at radius 2 is 1.96 bits per heavy atom. The fourth-order valence-electron chi connectivity index (χ4n) is 2.81. The molecule has 2 amide bonds. The lowest BCUT2D eigenvalue weighted by atomic mass is 10.0. The van der Waals surface area contributed by atoms with E-state index in [2.05, 4.69) is 10.3 Å². The molecule has 0 aliphatic heterocycles. The van der Waals surface area contributed by atoms with Crippen molar-refractivity contribution < 1.29 is 18.9 Å². The van der Waals surface area contributed by atoms with Crippen LogP contribution in [-0.2, 0) is 11.2 Å². The zero-order valence-corrected chi connectivity index (χ0v) is 14.5. The molecule has 0 saturated carbocycles. The molecular formula is C19H15FN4O4. The van der Waals surface area contributed by atoms with Gasteiger partial charge in [-0.25, -0.2) is 0 Å². The fraction of sp³-hybridized carbons (Fsp3) is 0.105. The Hall–Kier alpha value is -3.88. The minimum Gasteiger partial charge on any atom is -0.368 e. The fourth-order valence-corrected chi connectivity index (χ4v) is 2.81. The van der Waals surface area contributed by atoms with Gasteiger partial charge in [0.05, 0.1) is 16.0 Å². The summed E-state index contributed by atoms with van der Waals surface area (Å²) in [5.41, 5.74) is 5.87. The average molecular weight is 382 g/mol. The molecule has 1 atom stereocenters. The molecule has 2 aromatic carbocycles. The zero-order valence-electron chi connectivity index (χ0n) is 14.5. The highest BCUT2D eigenvalue weighted by Crippen LogP contribution is 2.20. The number of carbonyl (C=O) groups is 2. The number of para-hydroxylation sites is 1. The van der Waals surface area contributed by atoms with Gasteiger partial charge in [0.15, 0.2) is 0 Å². The molecule has 0 saturated heterocycles. The van der Waals surface area contributed by atoms with E-state index in [0.29, 0.717) is 16.5 Å². The third-order valence-corrected chi connectivity index (χ3v) is 4.19. The first-order valence-corrected chi connectivity index (χ1v) is 8.23. The third kappa shape index (κ3) is 3.93. The number of pyridine rings is 1. The summed E-state index contributed by atoms with van der Waals surface area (Å²) in [6, 6.07) is 10.6. The Bertz CT molecular complexity index is 1080. The van der Waals surface area contributed by atoms with Crippen molar-refractivity contribution in [2.24, 2.45) is 5.73 Å². The van der Waals surface area contributed by atoms with Crippen molar-refractivity contribution in [1.29, 1.82) is 0 Å². The quantitative estimate of drug-likeness (QED) is 0.498. The van der Waals surface area contributed by atoms with Gasteiger partial charge in [0, 0.05) is 24.1 Å². The molecule has 8 nitrogen and oxygen atoms in total. The summed E-state index contributed by atoms with van der Waals surface area (Å²) in [6.07, 6.45) is 1.35. The van der Waals surface area contributed by atoms with E-state index in [0.717, 1.165) is 12.1 Å². The van der Waals surface area contributed by atoms with E-state index in [1.165, 1.54) is 18.3 Å². The van der Waals surface area contributed by atoms with Crippen molar-refractivity contribution in [3.63, 3.8) is 0 Å². The molecule has 0 spiro atoms. The maximum Gasteiger partial charge on any atom is 0.305 e. The number of nitro groups is 1. The number of hydrogen-bond acceptors (Lipinski definition) is 5. The highest BCUT2D eigenvalue weighted by molar-refractivity contribution is 6.07. The normalized spacial score (nSPS) is 11.8. The second-order valence-corrected chi connectivity index (χ2v) is 6.05. The summed E-state index contributed by atoms with van der Waals surface area (Å²) < 4.78 is 13.5. The van der Waals surface area contributed by atoms with Crippen LogP contribution in [-0.4, -0.2) is 27.8 Å². The molecule has 142 valence electrons. The van der Waals surface area contributed by atoms with E-state index in [9.17, 15) is 24.1 Å². The second kappa shape index (κ2) is 7.78. The number of carbonyl (C=O) groups excluding carboxylic acids is 2. The molecule has 28 heavy (non-hydrogen) atoms. The van der Waals surface area contributed by atoms with E-state index in [-0.39, 0.29) is 12.0 Å². The lowest BCUT2D eigenvalue weighted by molar-refractivity contribution is -0.387. The van der Waals surface area contributed by atoms with Gasteiger partial charge in [-0.1, -0.05) is 24.3 Å². The predicted octanol–water partition coefficient (Wildman–Crippen LogP) is 2.11. The standard InChI is InChI=1S/C19H15FN4O4/c20-14-6-5-11(10-17(14)24(27)28)9-16(18(21)25)23-19(26)13-7-8-22-15-4-2-1-3-12(13)15/h1-8,10,16H,9H2,(H2,21,25)(H,23,26)/t16-/m0/s1. The number of rotatable bonds is 6. The number of nitrogens with one attached hydrogen (secondary N) is 1. The maximum absolute atomic E-state index is 13.5. The molecule has 3 N–H and O–H groups in total. The van der Waals surface area contributed by atoms with E-state index in [4.69, 9.17) is 5.73 Å². The number of amides is 2. The molecule has 9 heteroatoms. The van der Waals surface area contributed by atoms with Crippen molar-refractivity contribution in [2.45, 2.75) is 12.5 Å². The summed E-state index contributed by atoms with van der Waals surface area (Å²) in [6.45, 7) is 0. The zero-order chi connectivity index (χ0) is 20.3. The number of fused-ring (bicyclic) bond motifs is 1. The molecular weight excluding hydrogens is 367 g/mol. The van der Waals surface area contributed by atoms with E-state index >= 15 is 0 Å². The van der Waals surface area contributed by atoms with Crippen LogP contribution < -0.4 is 11.1 Å². The van der Waals surface area contributed by atoms with E-state index in [1.807, 2.05) is 0 Å². The summed E-state index contributed by atoms with van der Waals surface area (Å²) in [4.78, 5) is 38.7. The van der Waals surface area contributed by atoms with Gasteiger partial charge in [-0.15, -0.1) is 0 Å². The number of nitrogens with zero attached hydrogens (tertiary/aromatic N) is 2. The maximum atomic E-state index is 13.5. The van der Waals surface area contributed by atoms with Crippen molar-refractivity contribution >= 4 is 28.4 Å². The number of halogens is 1. The number of aromatic nitrogens is 1. The molecule has 0 aliphatic rings. The largest absolute Gasteiger partial charge is 0.368 e. The lowest BCUT2D eigenvalue weighted by Gasteiger charge is -2.16. The Kier molecular flexibility index (Phi) is 5.25. The van der Waals surface area contributed by atoms with Crippen LogP contribution in [0.1, 0.15) is 15.9 Å². The van der Waals surface area contributed by atoms with Crippen LogP contribution in [0.25, 0.3) is 10.9 Å². The number of nitro benzene ring substituents is 1.